The number of hydrogen-bond acceptors (Lipinski definition) is 8. The van der Waals surface area contributed by atoms with Crippen LogP contribution in [0.2, 0.25) is 0 Å². The van der Waals surface area contributed by atoms with Gasteiger partial charge in [0.1, 0.15) is 11.5 Å². The molecule has 0 bridgehead atoms. The van der Waals surface area contributed by atoms with E-state index in [1.165, 1.54) is 75.3 Å². The highest BCUT2D eigenvalue weighted by Gasteiger charge is 2.19. The van der Waals surface area contributed by atoms with Crippen LogP contribution in [0.4, 0.5) is 11.4 Å². The topological polar surface area (TPSA) is 95.8 Å². The van der Waals surface area contributed by atoms with Gasteiger partial charge in [-0.3, -0.25) is 9.98 Å². The predicted octanol–water partition coefficient (Wildman–Crippen LogP) is 14.2. The van der Waals surface area contributed by atoms with Gasteiger partial charge in [-0.1, -0.05) is 102 Å². The molecule has 0 saturated heterocycles. The Labute approximate surface area is 382 Å². The summed E-state index contributed by atoms with van der Waals surface area (Å²) in [6.45, 7) is 5.89. The maximum atomic E-state index is 12.9. The zero-order valence-corrected chi connectivity index (χ0v) is 38.2. The van der Waals surface area contributed by atoms with Gasteiger partial charge in [0.25, 0.3) is 0 Å². The van der Waals surface area contributed by atoms with Crippen molar-refractivity contribution in [2.75, 3.05) is 26.4 Å². The number of nitrogens with zero attached hydrogens (tertiary/aromatic N) is 2. The molecule has 0 saturated carbocycles. The van der Waals surface area contributed by atoms with E-state index in [1.54, 1.807) is 24.3 Å². The molecule has 0 N–H and O–H groups in total. The molecule has 0 aliphatic carbocycles. The van der Waals surface area contributed by atoms with Gasteiger partial charge in [-0.15, -0.1) is 0 Å². The van der Waals surface area contributed by atoms with Crippen LogP contribution >= 0.6 is 0 Å². The average molecular weight is 865 g/mol. The van der Waals surface area contributed by atoms with Crippen molar-refractivity contribution in [3.8, 4) is 11.5 Å². The normalized spacial score (nSPS) is 11.3. The summed E-state index contributed by atoms with van der Waals surface area (Å²) in [5, 5.41) is 0. The molecule has 0 atom stereocenters. The van der Waals surface area contributed by atoms with Crippen molar-refractivity contribution >= 4 is 35.7 Å². The van der Waals surface area contributed by atoms with Gasteiger partial charge in [-0.25, -0.2) is 9.59 Å². The van der Waals surface area contributed by atoms with Crippen LogP contribution in [0.25, 0.3) is 0 Å². The van der Waals surface area contributed by atoms with Crippen molar-refractivity contribution in [2.24, 2.45) is 9.98 Å². The highest BCUT2D eigenvalue weighted by molar-refractivity contribution is 6.03. The number of aryl methyl sites for hydroxylation is 2. The van der Waals surface area contributed by atoms with Gasteiger partial charge in [0.15, 0.2) is 0 Å². The van der Waals surface area contributed by atoms with Gasteiger partial charge in [-0.05, 0) is 159 Å². The second-order valence-electron chi connectivity index (χ2n) is 16.2. The SMILES string of the molecule is CCCCCCCc1ccc(N=Cc2ccc(OCCCCOC(=O)c3ccccc3C(=O)OCCCCOc3ccc(C=Nc4ccc(CCCCCCC)cc4)cc3)cc2)cc1. The number of aliphatic imine (C=N–C) groups is 2. The minimum absolute atomic E-state index is 0.191. The van der Waals surface area contributed by atoms with Gasteiger partial charge in [0.2, 0.25) is 0 Å². The lowest BCUT2D eigenvalue weighted by Gasteiger charge is -2.10. The molecule has 8 heteroatoms. The first-order valence-corrected chi connectivity index (χ1v) is 23.7. The molecule has 0 aliphatic heterocycles. The summed E-state index contributed by atoms with van der Waals surface area (Å²) < 4.78 is 22.8. The standard InChI is InChI=1S/C56H68N2O6/c1-3-5-7-9-11-19-45-23-31-49(32-24-45)57-43-47-27-35-51(36-28-47)61-39-15-17-41-63-55(59)53-21-13-14-22-54(53)56(60)64-42-18-16-40-62-52-37-29-48(30-38-52)44-58-50-33-25-46(26-34-50)20-12-10-8-6-4-2/h13-14,21-38,43-44H,3-12,15-20,39-42H2,1-2H3. The van der Waals surface area contributed by atoms with E-state index in [9.17, 15) is 9.59 Å². The zero-order chi connectivity index (χ0) is 44.9. The molecular weight excluding hydrogens is 797 g/mol. The lowest BCUT2D eigenvalue weighted by molar-refractivity contribution is 0.0447. The van der Waals surface area contributed by atoms with Crippen molar-refractivity contribution in [3.05, 3.63) is 155 Å². The van der Waals surface area contributed by atoms with E-state index in [2.05, 4.69) is 72.4 Å². The van der Waals surface area contributed by atoms with E-state index in [0.717, 1.165) is 46.8 Å². The minimum atomic E-state index is -0.553. The maximum absolute atomic E-state index is 12.9. The van der Waals surface area contributed by atoms with Crippen molar-refractivity contribution in [2.45, 2.75) is 117 Å². The van der Waals surface area contributed by atoms with Gasteiger partial charge in [-0.2, -0.15) is 0 Å². The molecule has 5 aromatic rings. The molecular formula is C56H68N2O6. The summed E-state index contributed by atoms with van der Waals surface area (Å²) in [6, 6.07) is 39.3. The minimum Gasteiger partial charge on any atom is -0.494 e. The van der Waals surface area contributed by atoms with Crippen LogP contribution < -0.4 is 9.47 Å². The number of ether oxygens (including phenoxy) is 4. The van der Waals surface area contributed by atoms with Crippen LogP contribution in [0, 0.1) is 0 Å². The van der Waals surface area contributed by atoms with Crippen LogP contribution in [0.3, 0.4) is 0 Å². The Morgan fingerprint density at radius 1 is 0.422 bits per heavy atom. The average Bonchev–Trinajstić information content (AvgIpc) is 3.33. The van der Waals surface area contributed by atoms with Crippen LogP contribution in [0.5, 0.6) is 11.5 Å². The largest absolute Gasteiger partial charge is 0.494 e. The summed E-state index contributed by atoms with van der Waals surface area (Å²) >= 11 is 0. The Hall–Kier alpha value is -6.02. The Morgan fingerprint density at radius 3 is 1.19 bits per heavy atom. The number of hydrogen-bond donors (Lipinski definition) is 0. The third-order valence-electron chi connectivity index (χ3n) is 10.9. The number of esters is 2. The summed E-state index contributed by atoms with van der Waals surface area (Å²) in [7, 11) is 0. The maximum Gasteiger partial charge on any atom is 0.339 e. The van der Waals surface area contributed by atoms with E-state index < -0.39 is 11.9 Å². The van der Waals surface area contributed by atoms with Crippen molar-refractivity contribution < 1.29 is 28.5 Å². The number of carbonyl (C=O) groups is 2. The quantitative estimate of drug-likeness (QED) is 0.0259. The Morgan fingerprint density at radius 2 is 0.797 bits per heavy atom. The fourth-order valence-corrected chi connectivity index (χ4v) is 7.07. The lowest BCUT2D eigenvalue weighted by Crippen LogP contribution is -2.15. The second kappa shape index (κ2) is 29.4. The molecule has 0 amide bonds. The highest BCUT2D eigenvalue weighted by atomic mass is 16.5. The summed E-state index contributed by atoms with van der Waals surface area (Å²) in [6.07, 6.45) is 21.5. The third-order valence-corrected chi connectivity index (χ3v) is 10.9. The molecule has 8 nitrogen and oxygen atoms in total. The van der Waals surface area contributed by atoms with Gasteiger partial charge in [0, 0.05) is 12.4 Å². The summed E-state index contributed by atoms with van der Waals surface area (Å²) in [4.78, 5) is 35.1. The van der Waals surface area contributed by atoms with Crippen LogP contribution in [0.15, 0.2) is 131 Å². The fourth-order valence-electron chi connectivity index (χ4n) is 7.07. The van der Waals surface area contributed by atoms with Crippen LogP contribution in [0.1, 0.15) is 147 Å². The van der Waals surface area contributed by atoms with Crippen LogP contribution in [-0.4, -0.2) is 50.8 Å². The first-order chi connectivity index (χ1) is 31.5. The Bertz CT molecular complexity index is 1970. The van der Waals surface area contributed by atoms with E-state index in [4.69, 9.17) is 18.9 Å². The van der Waals surface area contributed by atoms with Gasteiger partial charge >= 0.3 is 11.9 Å². The molecule has 5 rings (SSSR count). The first kappa shape index (κ1) is 49.0. The molecule has 0 heterocycles. The second-order valence-corrected chi connectivity index (χ2v) is 16.2. The molecule has 338 valence electrons. The van der Waals surface area contributed by atoms with Gasteiger partial charge < -0.3 is 18.9 Å². The molecule has 64 heavy (non-hydrogen) atoms. The molecule has 5 aromatic carbocycles. The summed E-state index contributed by atoms with van der Waals surface area (Å²) in [5.41, 5.74) is 6.98. The number of unbranched alkanes of at least 4 members (excludes halogenated alkanes) is 10. The van der Waals surface area contributed by atoms with Crippen molar-refractivity contribution in [1.82, 2.24) is 0 Å². The highest BCUT2D eigenvalue weighted by Crippen LogP contribution is 2.20. The van der Waals surface area contributed by atoms with Gasteiger partial charge in [0.05, 0.1) is 48.9 Å². The predicted molar refractivity (Wildman–Crippen MR) is 262 cm³/mol. The number of benzene rings is 5. The first-order valence-electron chi connectivity index (χ1n) is 23.7. The Balaban J connectivity index is 0.910. The molecule has 0 radical (unpaired) electrons. The van der Waals surface area contributed by atoms with E-state index in [-0.39, 0.29) is 24.3 Å². The monoisotopic (exact) mass is 865 g/mol. The lowest BCUT2D eigenvalue weighted by atomic mass is 10.1. The molecule has 0 aromatic heterocycles. The smallest absolute Gasteiger partial charge is 0.339 e. The number of rotatable bonds is 30. The third kappa shape index (κ3) is 18.8. The number of carbonyl (C=O) groups excluding carboxylic acids is 2. The van der Waals surface area contributed by atoms with Crippen molar-refractivity contribution in [3.63, 3.8) is 0 Å². The fraction of sp³-hybridized carbons (Fsp3) is 0.393. The Kier molecular flexibility index (Phi) is 22.5. The zero-order valence-electron chi connectivity index (χ0n) is 38.2. The van der Waals surface area contributed by atoms with Crippen molar-refractivity contribution in [1.29, 1.82) is 0 Å². The van der Waals surface area contributed by atoms with Crippen LogP contribution in [-0.2, 0) is 22.3 Å². The van der Waals surface area contributed by atoms with E-state index in [1.807, 2.05) is 61.0 Å². The van der Waals surface area contributed by atoms with E-state index in [0.29, 0.717) is 38.9 Å². The van der Waals surface area contributed by atoms with E-state index >= 15 is 0 Å². The molecule has 0 aliphatic rings. The molecule has 0 spiro atoms. The molecule has 0 fully saturated rings. The molecule has 0 unspecified atom stereocenters. The summed E-state index contributed by atoms with van der Waals surface area (Å²) in [5.74, 6) is 0.430.